The number of carbonyl (C=O) groups is 1. The summed E-state index contributed by atoms with van der Waals surface area (Å²) >= 11 is 18.7. The Kier molecular flexibility index (Phi) is 5.94. The lowest BCUT2D eigenvalue weighted by Gasteiger charge is -2.56. The van der Waals surface area contributed by atoms with Gasteiger partial charge < -0.3 is 15.4 Å². The van der Waals surface area contributed by atoms with Crippen molar-refractivity contribution < 1.29 is 9.53 Å². The van der Waals surface area contributed by atoms with Crippen LogP contribution in [0.4, 0.5) is 11.4 Å². The van der Waals surface area contributed by atoms with Gasteiger partial charge in [-0.05, 0) is 75.8 Å². The zero-order chi connectivity index (χ0) is 25.1. The van der Waals surface area contributed by atoms with E-state index in [0.717, 1.165) is 28.1 Å². The molecular weight excluding hydrogens is 501 g/mol. The number of hydrogen-bond donors (Lipinski definition) is 2. The first-order valence-electron chi connectivity index (χ1n) is 11.3. The van der Waals surface area contributed by atoms with Crippen molar-refractivity contribution in [1.82, 2.24) is 5.32 Å². The van der Waals surface area contributed by atoms with E-state index in [0.29, 0.717) is 26.5 Å². The van der Waals surface area contributed by atoms with Crippen LogP contribution in [0.15, 0.2) is 54.6 Å². The van der Waals surface area contributed by atoms with Crippen LogP contribution in [-0.2, 0) is 4.79 Å². The summed E-state index contributed by atoms with van der Waals surface area (Å²) in [5, 5.41) is 7.81. The van der Waals surface area contributed by atoms with E-state index in [2.05, 4.69) is 10.6 Å². The Labute approximate surface area is 220 Å². The lowest BCUT2D eigenvalue weighted by atomic mass is 9.78. The van der Waals surface area contributed by atoms with Crippen molar-refractivity contribution >= 4 is 57.8 Å². The first-order valence-corrected chi connectivity index (χ1v) is 12.5. The van der Waals surface area contributed by atoms with Crippen LogP contribution >= 0.6 is 35.4 Å². The highest BCUT2D eigenvalue weighted by atomic mass is 35.5. The summed E-state index contributed by atoms with van der Waals surface area (Å²) in [4.78, 5) is 15.8. The normalized spacial score (nSPS) is 22.7. The predicted molar refractivity (Wildman–Crippen MR) is 146 cm³/mol. The number of hydrogen-bond acceptors (Lipinski definition) is 3. The van der Waals surface area contributed by atoms with Gasteiger partial charge in [0.15, 0.2) is 10.8 Å². The van der Waals surface area contributed by atoms with Crippen molar-refractivity contribution in [1.29, 1.82) is 0 Å². The lowest BCUT2D eigenvalue weighted by Crippen LogP contribution is -2.72. The second-order valence-corrected chi connectivity index (χ2v) is 10.6. The summed E-state index contributed by atoms with van der Waals surface area (Å²) in [5.74, 6) is -0.386. The number of fused-ring (bicyclic) bond motifs is 4. The predicted octanol–water partition coefficient (Wildman–Crippen LogP) is 6.72. The molecule has 3 aromatic carbocycles. The van der Waals surface area contributed by atoms with E-state index >= 15 is 0 Å². The van der Waals surface area contributed by atoms with Gasteiger partial charge in [0, 0.05) is 22.0 Å². The third-order valence-electron chi connectivity index (χ3n) is 6.73. The number of anilines is 2. The third kappa shape index (κ3) is 4.03. The molecule has 0 spiro atoms. The fourth-order valence-electron chi connectivity index (χ4n) is 5.05. The van der Waals surface area contributed by atoms with Crippen molar-refractivity contribution in [3.8, 4) is 5.75 Å². The van der Waals surface area contributed by atoms with Crippen LogP contribution in [0.5, 0.6) is 5.75 Å². The molecule has 5 rings (SSSR count). The summed E-state index contributed by atoms with van der Waals surface area (Å²) in [7, 11) is 0. The Morgan fingerprint density at radius 3 is 2.43 bits per heavy atom. The summed E-state index contributed by atoms with van der Waals surface area (Å²) in [6.07, 6.45) is 0. The second kappa shape index (κ2) is 8.70. The molecule has 0 aromatic heterocycles. The average molecular weight is 526 g/mol. The highest BCUT2D eigenvalue weighted by molar-refractivity contribution is 7.80. The minimum absolute atomic E-state index is 0.196. The number of nitrogens with zero attached hydrogens (tertiary/aromatic N) is 1. The number of aryl methyl sites for hydroxylation is 3. The van der Waals surface area contributed by atoms with E-state index in [1.54, 1.807) is 12.1 Å². The number of nitrogens with one attached hydrogen (secondary N) is 2. The summed E-state index contributed by atoms with van der Waals surface area (Å²) in [5.41, 5.74) is 4.33. The molecule has 0 aliphatic carbocycles. The molecule has 2 heterocycles. The Morgan fingerprint density at radius 1 is 1.06 bits per heavy atom. The topological polar surface area (TPSA) is 53.6 Å². The SMILES string of the molecule is Cc1ccc(N2C(=S)N[C@H]3c4cc(Cl)cc(Cl)c4O[C@@]2(C)[C@H]3C(=O)Nc2ccc(C)cc2C)cc1. The van der Waals surface area contributed by atoms with Crippen LogP contribution in [0, 0.1) is 26.7 Å². The summed E-state index contributed by atoms with van der Waals surface area (Å²) < 4.78 is 6.61. The van der Waals surface area contributed by atoms with Gasteiger partial charge in [-0.25, -0.2) is 0 Å². The number of thiocarbonyl (C=S) groups is 1. The molecule has 1 saturated heterocycles. The molecule has 8 heteroatoms. The lowest BCUT2D eigenvalue weighted by molar-refractivity contribution is -0.130. The molecule has 3 aromatic rings. The molecule has 35 heavy (non-hydrogen) atoms. The number of rotatable bonds is 3. The van der Waals surface area contributed by atoms with E-state index in [4.69, 9.17) is 40.2 Å². The van der Waals surface area contributed by atoms with Crippen LogP contribution in [0.25, 0.3) is 0 Å². The van der Waals surface area contributed by atoms with Gasteiger partial charge in [0.25, 0.3) is 0 Å². The number of amides is 1. The van der Waals surface area contributed by atoms with E-state index in [9.17, 15) is 4.79 Å². The van der Waals surface area contributed by atoms with Crippen molar-refractivity contribution in [3.05, 3.63) is 86.9 Å². The number of halogens is 2. The second-order valence-electron chi connectivity index (χ2n) is 9.35. The number of ether oxygens (including phenoxy) is 1. The molecule has 2 aliphatic rings. The van der Waals surface area contributed by atoms with Gasteiger partial charge in [-0.2, -0.15) is 0 Å². The molecule has 0 saturated carbocycles. The Balaban J connectivity index is 1.65. The molecular formula is C27H25Cl2N3O2S. The van der Waals surface area contributed by atoms with Gasteiger partial charge in [0.05, 0.1) is 11.1 Å². The van der Waals surface area contributed by atoms with Crippen molar-refractivity contribution in [2.45, 2.75) is 39.5 Å². The van der Waals surface area contributed by atoms with Gasteiger partial charge in [0.1, 0.15) is 11.7 Å². The van der Waals surface area contributed by atoms with Crippen LogP contribution in [0.1, 0.15) is 35.2 Å². The summed E-state index contributed by atoms with van der Waals surface area (Å²) in [6.45, 7) is 7.90. The number of carbonyl (C=O) groups excluding carboxylic acids is 1. The van der Waals surface area contributed by atoms with Crippen LogP contribution in [0.2, 0.25) is 10.0 Å². The van der Waals surface area contributed by atoms with Gasteiger partial charge in [-0.15, -0.1) is 0 Å². The van der Waals surface area contributed by atoms with E-state index in [1.165, 1.54) is 0 Å². The molecule has 3 atom stereocenters. The maximum Gasteiger partial charge on any atom is 0.236 e. The minimum Gasteiger partial charge on any atom is -0.465 e. The molecule has 0 radical (unpaired) electrons. The van der Waals surface area contributed by atoms with Crippen LogP contribution in [0.3, 0.4) is 0 Å². The van der Waals surface area contributed by atoms with Crippen molar-refractivity contribution in [3.63, 3.8) is 0 Å². The Hall–Kier alpha value is -2.80. The largest absolute Gasteiger partial charge is 0.465 e. The highest BCUT2D eigenvalue weighted by Crippen LogP contribution is 2.52. The first kappa shape index (κ1) is 23.9. The monoisotopic (exact) mass is 525 g/mol. The zero-order valence-electron chi connectivity index (χ0n) is 19.8. The minimum atomic E-state index is -1.16. The Bertz CT molecular complexity index is 1360. The van der Waals surface area contributed by atoms with Gasteiger partial charge in [-0.1, -0.05) is 58.6 Å². The van der Waals surface area contributed by atoms with E-state index < -0.39 is 17.7 Å². The highest BCUT2D eigenvalue weighted by Gasteiger charge is 2.59. The molecule has 0 unspecified atom stereocenters. The van der Waals surface area contributed by atoms with Gasteiger partial charge >= 0.3 is 0 Å². The molecule has 1 amide bonds. The molecule has 180 valence electrons. The smallest absolute Gasteiger partial charge is 0.236 e. The van der Waals surface area contributed by atoms with E-state index in [1.807, 2.05) is 75.1 Å². The first-order chi connectivity index (χ1) is 16.6. The van der Waals surface area contributed by atoms with E-state index in [-0.39, 0.29) is 5.91 Å². The molecule has 1 fully saturated rings. The maximum absolute atomic E-state index is 14.0. The number of benzene rings is 3. The van der Waals surface area contributed by atoms with Crippen LogP contribution in [-0.4, -0.2) is 16.7 Å². The maximum atomic E-state index is 14.0. The van der Waals surface area contributed by atoms with Gasteiger partial charge in [0.2, 0.25) is 5.91 Å². The fraction of sp³-hybridized carbons (Fsp3) is 0.259. The van der Waals surface area contributed by atoms with Crippen LogP contribution < -0.4 is 20.3 Å². The zero-order valence-corrected chi connectivity index (χ0v) is 22.1. The molecule has 2 N–H and O–H groups in total. The third-order valence-corrected chi connectivity index (χ3v) is 7.53. The van der Waals surface area contributed by atoms with Crippen molar-refractivity contribution in [2.75, 3.05) is 10.2 Å². The standard InChI is InChI=1S/C27H25Cl2N3O2S/c1-14-5-8-18(9-6-14)32-26(35)31-23-19-12-17(28)13-20(29)24(19)34-27(32,4)22(23)25(33)30-21-10-7-15(2)11-16(21)3/h5-13,22-23H,1-4H3,(H,30,33)(H,31,35)/t22-,23+,27+/m1/s1. The van der Waals surface area contributed by atoms with Crippen molar-refractivity contribution in [2.24, 2.45) is 5.92 Å². The summed E-state index contributed by atoms with van der Waals surface area (Å²) in [6, 6.07) is 16.8. The fourth-order valence-corrected chi connectivity index (χ4v) is 6.01. The van der Waals surface area contributed by atoms with Gasteiger partial charge in [-0.3, -0.25) is 9.69 Å². The average Bonchev–Trinajstić information content (AvgIpc) is 2.77. The quantitative estimate of drug-likeness (QED) is 0.371. The Morgan fingerprint density at radius 2 is 1.74 bits per heavy atom. The molecule has 5 nitrogen and oxygen atoms in total. The molecule has 2 bridgehead atoms. The molecule has 2 aliphatic heterocycles.